The first-order valence-electron chi connectivity index (χ1n) is 9.40. The van der Waals surface area contributed by atoms with Gasteiger partial charge in [-0.2, -0.15) is 0 Å². The standard InChI is InChI=1S/C21H21FN4OS/c22-18-11-10-15(23-20(27)14-28-16-7-3-1-4-8-16)13-17(18)21-25-24-19-9-5-2-6-12-26(19)21/h1,3-4,7-8,10-11,13H,2,5-6,9,12,14H2,(H,23,27). The largest absolute Gasteiger partial charge is 0.325 e. The van der Waals surface area contributed by atoms with E-state index in [0.29, 0.717) is 17.1 Å². The van der Waals surface area contributed by atoms with Crippen molar-refractivity contribution in [1.29, 1.82) is 0 Å². The van der Waals surface area contributed by atoms with Crippen molar-refractivity contribution >= 4 is 23.4 Å². The van der Waals surface area contributed by atoms with Crippen LogP contribution in [0.2, 0.25) is 0 Å². The molecule has 0 aliphatic carbocycles. The second-order valence-electron chi connectivity index (χ2n) is 6.75. The number of hydrogen-bond donors (Lipinski definition) is 1. The molecule has 3 aromatic rings. The summed E-state index contributed by atoms with van der Waals surface area (Å²) in [7, 11) is 0. The molecule has 0 fully saturated rings. The third-order valence-electron chi connectivity index (χ3n) is 4.71. The number of aryl methyl sites for hydroxylation is 1. The normalized spacial score (nSPS) is 13.6. The number of carbonyl (C=O) groups excluding carboxylic acids is 1. The molecule has 0 radical (unpaired) electrons. The first-order chi connectivity index (χ1) is 13.7. The summed E-state index contributed by atoms with van der Waals surface area (Å²) in [6.07, 6.45) is 4.12. The molecule has 0 saturated carbocycles. The van der Waals surface area contributed by atoms with Crippen LogP contribution in [0.25, 0.3) is 11.4 Å². The Balaban J connectivity index is 1.50. The fraction of sp³-hybridized carbons (Fsp3) is 0.286. The minimum absolute atomic E-state index is 0.133. The van der Waals surface area contributed by atoms with Crippen LogP contribution in [0.15, 0.2) is 53.4 Å². The SMILES string of the molecule is O=C(CSc1ccccc1)Nc1ccc(F)c(-c2nnc3n2CCCCC3)c1. The molecule has 1 aromatic heterocycles. The van der Waals surface area contributed by atoms with Gasteiger partial charge in [-0.05, 0) is 43.2 Å². The lowest BCUT2D eigenvalue weighted by Crippen LogP contribution is -2.14. The third-order valence-corrected chi connectivity index (χ3v) is 5.73. The highest BCUT2D eigenvalue weighted by Gasteiger charge is 2.19. The summed E-state index contributed by atoms with van der Waals surface area (Å²) in [6, 6.07) is 14.3. The van der Waals surface area contributed by atoms with Gasteiger partial charge in [0.15, 0.2) is 5.82 Å². The molecule has 2 aromatic carbocycles. The number of carbonyl (C=O) groups is 1. The number of halogens is 1. The van der Waals surface area contributed by atoms with Crippen molar-refractivity contribution in [1.82, 2.24) is 14.8 Å². The summed E-state index contributed by atoms with van der Waals surface area (Å²) in [5.74, 6) is 1.23. The Hall–Kier alpha value is -2.67. The smallest absolute Gasteiger partial charge is 0.234 e. The number of hydrogen-bond acceptors (Lipinski definition) is 4. The average molecular weight is 396 g/mol. The highest BCUT2D eigenvalue weighted by molar-refractivity contribution is 8.00. The van der Waals surface area contributed by atoms with Crippen LogP contribution in [0.4, 0.5) is 10.1 Å². The number of nitrogens with zero attached hydrogens (tertiary/aromatic N) is 3. The maximum Gasteiger partial charge on any atom is 0.234 e. The lowest BCUT2D eigenvalue weighted by Gasteiger charge is -2.10. The van der Waals surface area contributed by atoms with Crippen LogP contribution < -0.4 is 5.32 Å². The second-order valence-corrected chi connectivity index (χ2v) is 7.80. The molecule has 1 aliphatic heterocycles. The van der Waals surface area contributed by atoms with Gasteiger partial charge in [-0.15, -0.1) is 22.0 Å². The zero-order valence-corrected chi connectivity index (χ0v) is 16.2. The molecular weight excluding hydrogens is 375 g/mol. The summed E-state index contributed by atoms with van der Waals surface area (Å²) in [5.41, 5.74) is 0.926. The number of amides is 1. The van der Waals surface area contributed by atoms with E-state index in [2.05, 4.69) is 15.5 Å². The number of nitrogens with one attached hydrogen (secondary N) is 1. The monoisotopic (exact) mass is 396 g/mol. The van der Waals surface area contributed by atoms with Crippen molar-refractivity contribution in [2.24, 2.45) is 0 Å². The molecule has 0 saturated heterocycles. The van der Waals surface area contributed by atoms with Gasteiger partial charge >= 0.3 is 0 Å². The molecule has 1 N–H and O–H groups in total. The lowest BCUT2D eigenvalue weighted by molar-refractivity contribution is -0.113. The Morgan fingerprint density at radius 3 is 2.82 bits per heavy atom. The van der Waals surface area contributed by atoms with E-state index in [1.54, 1.807) is 12.1 Å². The highest BCUT2D eigenvalue weighted by Crippen LogP contribution is 2.27. The number of anilines is 1. The van der Waals surface area contributed by atoms with E-state index in [1.165, 1.54) is 17.8 Å². The van der Waals surface area contributed by atoms with Gasteiger partial charge in [0.2, 0.25) is 5.91 Å². The molecule has 144 valence electrons. The number of benzene rings is 2. The summed E-state index contributed by atoms with van der Waals surface area (Å²) in [5, 5.41) is 11.3. The van der Waals surface area contributed by atoms with E-state index in [1.807, 2.05) is 34.9 Å². The van der Waals surface area contributed by atoms with Gasteiger partial charge in [0, 0.05) is 23.5 Å². The van der Waals surface area contributed by atoms with Gasteiger partial charge < -0.3 is 9.88 Å². The fourth-order valence-corrected chi connectivity index (χ4v) is 4.04. The van der Waals surface area contributed by atoms with Gasteiger partial charge in [-0.1, -0.05) is 24.6 Å². The van der Waals surface area contributed by atoms with E-state index in [-0.39, 0.29) is 17.5 Å². The Morgan fingerprint density at radius 2 is 1.96 bits per heavy atom. The van der Waals surface area contributed by atoms with Crippen LogP contribution in [0.1, 0.15) is 25.1 Å². The van der Waals surface area contributed by atoms with Gasteiger partial charge in [-0.3, -0.25) is 4.79 Å². The van der Waals surface area contributed by atoms with Crippen LogP contribution in [-0.2, 0) is 17.8 Å². The van der Waals surface area contributed by atoms with Crippen molar-refractivity contribution in [2.75, 3.05) is 11.1 Å². The zero-order valence-electron chi connectivity index (χ0n) is 15.4. The average Bonchev–Trinajstić information content (AvgIpc) is 2.96. The van der Waals surface area contributed by atoms with Crippen molar-refractivity contribution in [3.8, 4) is 11.4 Å². The Morgan fingerprint density at radius 1 is 1.11 bits per heavy atom. The van der Waals surface area contributed by atoms with Crippen molar-refractivity contribution < 1.29 is 9.18 Å². The predicted molar refractivity (Wildman–Crippen MR) is 109 cm³/mol. The van der Waals surface area contributed by atoms with Crippen LogP contribution in [0.5, 0.6) is 0 Å². The Labute approximate surface area is 167 Å². The fourth-order valence-electron chi connectivity index (χ4n) is 3.32. The van der Waals surface area contributed by atoms with Crippen LogP contribution >= 0.6 is 11.8 Å². The summed E-state index contributed by atoms with van der Waals surface area (Å²) < 4.78 is 16.5. The molecule has 7 heteroatoms. The lowest BCUT2D eigenvalue weighted by atomic mass is 10.1. The first kappa shape index (κ1) is 18.7. The minimum Gasteiger partial charge on any atom is -0.325 e. The highest BCUT2D eigenvalue weighted by atomic mass is 32.2. The van der Waals surface area contributed by atoms with Crippen LogP contribution in [0.3, 0.4) is 0 Å². The van der Waals surface area contributed by atoms with Gasteiger partial charge in [-0.25, -0.2) is 4.39 Å². The zero-order chi connectivity index (χ0) is 19.3. The number of rotatable bonds is 5. The van der Waals surface area contributed by atoms with Gasteiger partial charge in [0.1, 0.15) is 11.6 Å². The minimum atomic E-state index is -0.365. The summed E-state index contributed by atoms with van der Waals surface area (Å²) in [6.45, 7) is 0.793. The maximum absolute atomic E-state index is 14.5. The van der Waals surface area contributed by atoms with Crippen molar-refractivity contribution in [3.05, 3.63) is 60.2 Å². The van der Waals surface area contributed by atoms with E-state index in [0.717, 1.165) is 42.9 Å². The van der Waals surface area contributed by atoms with E-state index >= 15 is 0 Å². The predicted octanol–water partition coefficient (Wildman–Crippen LogP) is 4.54. The van der Waals surface area contributed by atoms with E-state index in [4.69, 9.17) is 0 Å². The molecule has 5 nitrogen and oxygen atoms in total. The van der Waals surface area contributed by atoms with Gasteiger partial charge in [0.05, 0.1) is 11.3 Å². The second kappa shape index (κ2) is 8.56. The van der Waals surface area contributed by atoms with Crippen molar-refractivity contribution in [3.63, 3.8) is 0 Å². The van der Waals surface area contributed by atoms with E-state index < -0.39 is 0 Å². The topological polar surface area (TPSA) is 59.8 Å². The van der Waals surface area contributed by atoms with E-state index in [9.17, 15) is 9.18 Å². The molecule has 1 amide bonds. The molecule has 0 bridgehead atoms. The van der Waals surface area contributed by atoms with Crippen LogP contribution in [-0.4, -0.2) is 26.4 Å². The van der Waals surface area contributed by atoms with Crippen molar-refractivity contribution in [2.45, 2.75) is 37.1 Å². The number of thioether (sulfide) groups is 1. The first-order valence-corrected chi connectivity index (χ1v) is 10.4. The summed E-state index contributed by atoms with van der Waals surface area (Å²) in [4.78, 5) is 13.3. The quantitative estimate of drug-likeness (QED) is 0.643. The maximum atomic E-state index is 14.5. The third kappa shape index (κ3) is 4.25. The molecule has 0 spiro atoms. The molecule has 0 atom stereocenters. The Bertz CT molecular complexity index is 974. The molecule has 28 heavy (non-hydrogen) atoms. The van der Waals surface area contributed by atoms with Gasteiger partial charge in [0.25, 0.3) is 0 Å². The molecule has 0 unspecified atom stereocenters. The number of aromatic nitrogens is 3. The van der Waals surface area contributed by atoms with Crippen LogP contribution in [0, 0.1) is 5.82 Å². The molecule has 1 aliphatic rings. The number of fused-ring (bicyclic) bond motifs is 1. The molecular formula is C21H21FN4OS. The molecule has 2 heterocycles. The Kier molecular flexibility index (Phi) is 5.71. The molecule has 4 rings (SSSR count). The summed E-state index contributed by atoms with van der Waals surface area (Å²) >= 11 is 1.46.